The van der Waals surface area contributed by atoms with Crippen LogP contribution in [0.1, 0.15) is 5.56 Å². The van der Waals surface area contributed by atoms with Gasteiger partial charge in [-0.25, -0.2) is 4.98 Å². The summed E-state index contributed by atoms with van der Waals surface area (Å²) in [5.74, 6) is 0. The van der Waals surface area contributed by atoms with Crippen molar-refractivity contribution in [2.24, 2.45) is 0 Å². The van der Waals surface area contributed by atoms with Crippen molar-refractivity contribution in [3.63, 3.8) is 0 Å². The van der Waals surface area contributed by atoms with E-state index in [0.717, 1.165) is 5.56 Å². The molecule has 0 aliphatic rings. The lowest BCUT2D eigenvalue weighted by Gasteiger charge is -2.08. The van der Waals surface area contributed by atoms with Gasteiger partial charge < -0.3 is 0 Å². The van der Waals surface area contributed by atoms with Crippen LogP contribution in [0.25, 0.3) is 11.3 Å². The van der Waals surface area contributed by atoms with Gasteiger partial charge in [-0.1, -0.05) is 41.9 Å². The summed E-state index contributed by atoms with van der Waals surface area (Å²) in [5, 5.41) is 11.0. The number of hydrogen-bond acceptors (Lipinski definition) is 4. The molecule has 0 spiro atoms. The summed E-state index contributed by atoms with van der Waals surface area (Å²) in [4.78, 5) is 26.8. The molecular formula is C17H12ClN3O3. The van der Waals surface area contributed by atoms with Crippen molar-refractivity contribution in [1.29, 1.82) is 0 Å². The molecule has 1 heterocycles. The van der Waals surface area contributed by atoms with Crippen LogP contribution < -0.4 is 5.56 Å². The van der Waals surface area contributed by atoms with Crippen molar-refractivity contribution in [2.45, 2.75) is 6.54 Å². The zero-order chi connectivity index (χ0) is 17.1. The molecule has 0 unspecified atom stereocenters. The van der Waals surface area contributed by atoms with Gasteiger partial charge in [0.2, 0.25) is 0 Å². The number of nitro groups is 1. The minimum absolute atomic E-state index is 0.0892. The first-order valence-corrected chi connectivity index (χ1v) is 7.47. The first-order valence-electron chi connectivity index (χ1n) is 7.09. The lowest BCUT2D eigenvalue weighted by molar-refractivity contribution is -0.384. The average molecular weight is 342 g/mol. The molecule has 3 aromatic rings. The first-order chi connectivity index (χ1) is 11.5. The smallest absolute Gasteiger partial charge is 0.270 e. The van der Waals surface area contributed by atoms with Crippen LogP contribution in [-0.4, -0.2) is 14.5 Å². The highest BCUT2D eigenvalue weighted by atomic mass is 35.5. The fraction of sp³-hybridized carbons (Fsp3) is 0.0588. The Hall–Kier alpha value is -2.99. The lowest BCUT2D eigenvalue weighted by atomic mass is 10.1. The highest BCUT2D eigenvalue weighted by Crippen LogP contribution is 2.23. The molecule has 0 aliphatic heterocycles. The predicted molar refractivity (Wildman–Crippen MR) is 91.1 cm³/mol. The van der Waals surface area contributed by atoms with Gasteiger partial charge in [0.05, 0.1) is 28.5 Å². The molecule has 0 atom stereocenters. The molecule has 120 valence electrons. The Morgan fingerprint density at radius 1 is 1.12 bits per heavy atom. The van der Waals surface area contributed by atoms with E-state index in [1.807, 2.05) is 30.3 Å². The van der Waals surface area contributed by atoms with Crippen LogP contribution in [0.15, 0.2) is 65.7 Å². The maximum absolute atomic E-state index is 12.3. The molecule has 0 radical (unpaired) electrons. The highest BCUT2D eigenvalue weighted by molar-refractivity contribution is 6.31. The second-order valence-electron chi connectivity index (χ2n) is 5.14. The van der Waals surface area contributed by atoms with E-state index >= 15 is 0 Å². The van der Waals surface area contributed by atoms with Crippen molar-refractivity contribution in [1.82, 2.24) is 9.55 Å². The Morgan fingerprint density at radius 3 is 2.50 bits per heavy atom. The summed E-state index contributed by atoms with van der Waals surface area (Å²) in [5.41, 5.74) is 1.74. The molecule has 0 saturated heterocycles. The Labute approximate surface area is 142 Å². The van der Waals surface area contributed by atoms with Gasteiger partial charge in [0.15, 0.2) is 0 Å². The van der Waals surface area contributed by atoms with Gasteiger partial charge in [0, 0.05) is 23.8 Å². The molecule has 6 nitrogen and oxygen atoms in total. The molecule has 0 bridgehead atoms. The number of halogens is 1. The highest BCUT2D eigenvalue weighted by Gasteiger charge is 2.11. The van der Waals surface area contributed by atoms with E-state index in [9.17, 15) is 14.9 Å². The number of nitro benzene ring substituents is 1. The maximum Gasteiger partial charge on any atom is 0.270 e. The van der Waals surface area contributed by atoms with Crippen molar-refractivity contribution < 1.29 is 4.92 Å². The third kappa shape index (κ3) is 3.33. The fourth-order valence-electron chi connectivity index (χ4n) is 2.27. The summed E-state index contributed by atoms with van der Waals surface area (Å²) < 4.78 is 1.40. The Morgan fingerprint density at radius 2 is 1.88 bits per heavy atom. The van der Waals surface area contributed by atoms with Crippen LogP contribution in [0.5, 0.6) is 0 Å². The zero-order valence-corrected chi connectivity index (χ0v) is 13.2. The van der Waals surface area contributed by atoms with E-state index in [0.29, 0.717) is 11.3 Å². The second kappa shape index (κ2) is 6.64. The summed E-state index contributed by atoms with van der Waals surface area (Å²) in [6.07, 6.45) is 1.45. The van der Waals surface area contributed by atoms with Crippen LogP contribution in [0.2, 0.25) is 5.02 Å². The average Bonchev–Trinajstić information content (AvgIpc) is 2.59. The van der Waals surface area contributed by atoms with Gasteiger partial charge in [-0.05, 0) is 11.6 Å². The molecule has 0 fully saturated rings. The molecule has 3 rings (SSSR count). The number of aromatic nitrogens is 2. The van der Waals surface area contributed by atoms with Crippen LogP contribution in [-0.2, 0) is 6.54 Å². The van der Waals surface area contributed by atoms with Gasteiger partial charge in [-0.2, -0.15) is 0 Å². The van der Waals surface area contributed by atoms with E-state index in [1.54, 1.807) is 0 Å². The Kier molecular flexibility index (Phi) is 4.39. The van der Waals surface area contributed by atoms with Gasteiger partial charge >= 0.3 is 0 Å². The van der Waals surface area contributed by atoms with E-state index < -0.39 is 4.92 Å². The molecule has 0 aliphatic carbocycles. The van der Waals surface area contributed by atoms with Crippen molar-refractivity contribution in [3.05, 3.63) is 92.0 Å². The lowest BCUT2D eigenvalue weighted by Crippen LogP contribution is -2.20. The predicted octanol–water partition coefficient (Wildman–Crippen LogP) is 3.52. The van der Waals surface area contributed by atoms with Gasteiger partial charge in [-0.3, -0.25) is 19.5 Å². The minimum Gasteiger partial charge on any atom is -0.295 e. The molecule has 0 N–H and O–H groups in total. The largest absolute Gasteiger partial charge is 0.295 e. The van der Waals surface area contributed by atoms with Crippen LogP contribution in [0, 0.1) is 10.1 Å². The Balaban J connectivity index is 1.89. The maximum atomic E-state index is 12.3. The van der Waals surface area contributed by atoms with E-state index in [4.69, 9.17) is 11.6 Å². The van der Waals surface area contributed by atoms with Gasteiger partial charge in [0.1, 0.15) is 0 Å². The zero-order valence-electron chi connectivity index (χ0n) is 12.4. The van der Waals surface area contributed by atoms with Crippen LogP contribution >= 0.6 is 11.6 Å². The van der Waals surface area contributed by atoms with Gasteiger partial charge in [-0.15, -0.1) is 0 Å². The van der Waals surface area contributed by atoms with Crippen molar-refractivity contribution in [3.8, 4) is 11.3 Å². The number of non-ortho nitro benzene ring substituents is 1. The quantitative estimate of drug-likeness (QED) is 0.537. The normalized spacial score (nSPS) is 10.5. The summed E-state index contributed by atoms with van der Waals surface area (Å²) in [6.45, 7) is 0.192. The number of hydrogen-bond donors (Lipinski definition) is 0. The minimum atomic E-state index is -0.516. The molecule has 0 saturated carbocycles. The number of benzene rings is 2. The fourth-order valence-corrected chi connectivity index (χ4v) is 2.51. The summed E-state index contributed by atoms with van der Waals surface area (Å²) >= 11 is 6.06. The van der Waals surface area contributed by atoms with E-state index in [2.05, 4.69) is 4.98 Å². The van der Waals surface area contributed by atoms with Crippen molar-refractivity contribution in [2.75, 3.05) is 0 Å². The molecule has 7 heteroatoms. The second-order valence-corrected chi connectivity index (χ2v) is 5.55. The Bertz CT molecular complexity index is 955. The van der Waals surface area contributed by atoms with Crippen LogP contribution in [0.4, 0.5) is 5.69 Å². The van der Waals surface area contributed by atoms with Crippen molar-refractivity contribution >= 4 is 17.3 Å². The summed E-state index contributed by atoms with van der Waals surface area (Å²) in [6, 6.07) is 15.0. The third-order valence-corrected chi connectivity index (χ3v) is 3.89. The topological polar surface area (TPSA) is 78.0 Å². The first kappa shape index (κ1) is 15.9. The molecule has 0 amide bonds. The van der Waals surface area contributed by atoms with Crippen LogP contribution in [0.3, 0.4) is 0 Å². The van der Waals surface area contributed by atoms with E-state index in [1.165, 1.54) is 35.2 Å². The standard InChI is InChI=1S/C17H12ClN3O3/c18-15-8-14(21(23)24)7-6-13(15)10-20-11-19-16(9-17(20)22)12-4-2-1-3-5-12/h1-9,11H,10H2. The molecule has 2 aromatic carbocycles. The molecular weight excluding hydrogens is 330 g/mol. The monoisotopic (exact) mass is 341 g/mol. The summed E-state index contributed by atoms with van der Waals surface area (Å²) in [7, 11) is 0. The van der Waals surface area contributed by atoms with E-state index in [-0.39, 0.29) is 22.8 Å². The number of rotatable bonds is 4. The number of nitrogens with zero attached hydrogens (tertiary/aromatic N) is 3. The third-order valence-electron chi connectivity index (χ3n) is 3.54. The molecule has 24 heavy (non-hydrogen) atoms. The van der Waals surface area contributed by atoms with Gasteiger partial charge in [0.25, 0.3) is 11.2 Å². The SMILES string of the molecule is O=c1cc(-c2ccccc2)ncn1Cc1ccc([N+](=O)[O-])cc1Cl. The molecule has 1 aromatic heterocycles.